The molecule has 4 nitrogen and oxygen atoms in total. The zero-order chi connectivity index (χ0) is 13.0. The lowest BCUT2D eigenvalue weighted by Gasteiger charge is -2.36. The summed E-state index contributed by atoms with van der Waals surface area (Å²) < 4.78 is 5.32. The van der Waals surface area contributed by atoms with Crippen molar-refractivity contribution in [3.8, 4) is 0 Å². The van der Waals surface area contributed by atoms with Crippen LogP contribution in [-0.4, -0.2) is 35.5 Å². The fourth-order valence-electron chi connectivity index (χ4n) is 2.09. The van der Waals surface area contributed by atoms with Crippen LogP contribution in [0.3, 0.4) is 0 Å². The molecule has 1 saturated heterocycles. The van der Waals surface area contributed by atoms with Crippen molar-refractivity contribution in [3.05, 3.63) is 29.6 Å². The van der Waals surface area contributed by atoms with Gasteiger partial charge in [0, 0.05) is 31.0 Å². The van der Waals surface area contributed by atoms with E-state index in [1.165, 1.54) is 0 Å². The molecule has 1 aromatic heterocycles. The minimum Gasteiger partial charge on any atom is -0.381 e. The molecule has 0 bridgehead atoms. The number of carbonyl (C=O) groups is 1. The molecule has 1 aliphatic rings. The minimum atomic E-state index is -0.348. The Labute approximate surface area is 112 Å². The summed E-state index contributed by atoms with van der Waals surface area (Å²) in [4.78, 5) is 16.4. The van der Waals surface area contributed by atoms with Gasteiger partial charge in [-0.05, 0) is 31.9 Å². The summed E-state index contributed by atoms with van der Waals surface area (Å²) in [6.45, 7) is 3.10. The van der Waals surface area contributed by atoms with Crippen LogP contribution in [0.5, 0.6) is 0 Å². The van der Waals surface area contributed by atoms with Crippen molar-refractivity contribution in [1.29, 1.82) is 0 Å². The molecule has 98 valence electrons. The Kier molecular flexibility index (Phi) is 4.19. The van der Waals surface area contributed by atoms with E-state index in [0.29, 0.717) is 24.7 Å². The van der Waals surface area contributed by atoms with Gasteiger partial charge in [0.1, 0.15) is 0 Å². The van der Waals surface area contributed by atoms with E-state index in [-0.39, 0.29) is 11.4 Å². The Hall–Kier alpha value is -1.13. The SMILES string of the molecule is Cc1ncccc1C(=O)NC1(CCl)CCOCC1. The van der Waals surface area contributed by atoms with Crippen molar-refractivity contribution >= 4 is 17.5 Å². The van der Waals surface area contributed by atoms with Gasteiger partial charge in [0.15, 0.2) is 0 Å². The molecule has 0 aliphatic carbocycles. The molecule has 0 aromatic carbocycles. The predicted octanol–water partition coefficient (Wildman–Crippen LogP) is 1.91. The fraction of sp³-hybridized carbons (Fsp3) is 0.538. The van der Waals surface area contributed by atoms with E-state index in [4.69, 9.17) is 16.3 Å². The summed E-state index contributed by atoms with van der Waals surface area (Å²) in [6, 6.07) is 3.54. The average molecular weight is 269 g/mol. The molecule has 1 fully saturated rings. The van der Waals surface area contributed by atoms with Gasteiger partial charge in [-0.25, -0.2) is 0 Å². The Balaban J connectivity index is 2.13. The van der Waals surface area contributed by atoms with Crippen molar-refractivity contribution in [3.63, 3.8) is 0 Å². The van der Waals surface area contributed by atoms with Crippen LogP contribution in [0.4, 0.5) is 0 Å². The van der Waals surface area contributed by atoms with E-state index in [1.807, 2.05) is 6.92 Å². The summed E-state index contributed by atoms with van der Waals surface area (Å²) in [6.07, 6.45) is 3.18. The first-order valence-electron chi connectivity index (χ1n) is 6.05. The van der Waals surface area contributed by atoms with Crippen LogP contribution in [0.1, 0.15) is 28.9 Å². The molecule has 0 saturated carbocycles. The molecule has 1 aromatic rings. The molecule has 1 aliphatic heterocycles. The van der Waals surface area contributed by atoms with Gasteiger partial charge >= 0.3 is 0 Å². The summed E-state index contributed by atoms with van der Waals surface area (Å²) in [5.41, 5.74) is 0.986. The minimum absolute atomic E-state index is 0.108. The van der Waals surface area contributed by atoms with Crippen molar-refractivity contribution in [2.75, 3.05) is 19.1 Å². The van der Waals surface area contributed by atoms with Crippen LogP contribution >= 0.6 is 11.6 Å². The molecule has 0 spiro atoms. The smallest absolute Gasteiger partial charge is 0.253 e. The van der Waals surface area contributed by atoms with Crippen LogP contribution in [0.25, 0.3) is 0 Å². The van der Waals surface area contributed by atoms with Crippen molar-refractivity contribution < 1.29 is 9.53 Å². The maximum absolute atomic E-state index is 12.2. The van der Waals surface area contributed by atoms with Gasteiger partial charge in [-0.2, -0.15) is 0 Å². The normalized spacial score (nSPS) is 18.3. The molecule has 2 heterocycles. The first kappa shape index (κ1) is 13.3. The molecule has 1 amide bonds. The first-order valence-corrected chi connectivity index (χ1v) is 6.58. The molecule has 0 radical (unpaired) electrons. The third-order valence-corrected chi connectivity index (χ3v) is 3.85. The molecule has 0 unspecified atom stereocenters. The van der Waals surface area contributed by atoms with Gasteiger partial charge in [0.25, 0.3) is 5.91 Å². The third-order valence-electron chi connectivity index (χ3n) is 3.34. The van der Waals surface area contributed by atoms with Crippen LogP contribution in [0.2, 0.25) is 0 Å². The molecule has 0 atom stereocenters. The Bertz CT molecular complexity index is 431. The van der Waals surface area contributed by atoms with E-state index in [1.54, 1.807) is 18.3 Å². The van der Waals surface area contributed by atoms with Gasteiger partial charge in [-0.15, -0.1) is 11.6 Å². The van der Waals surface area contributed by atoms with E-state index in [0.717, 1.165) is 18.5 Å². The van der Waals surface area contributed by atoms with Crippen LogP contribution in [0.15, 0.2) is 18.3 Å². The largest absolute Gasteiger partial charge is 0.381 e. The van der Waals surface area contributed by atoms with Gasteiger partial charge in [-0.1, -0.05) is 0 Å². The zero-order valence-corrected chi connectivity index (χ0v) is 11.2. The quantitative estimate of drug-likeness (QED) is 0.852. The lowest BCUT2D eigenvalue weighted by atomic mass is 9.91. The first-order chi connectivity index (χ1) is 8.67. The molecule has 5 heteroatoms. The number of hydrogen-bond donors (Lipinski definition) is 1. The maximum atomic E-state index is 12.2. The highest BCUT2D eigenvalue weighted by Crippen LogP contribution is 2.23. The number of aromatic nitrogens is 1. The lowest BCUT2D eigenvalue weighted by Crippen LogP contribution is -2.53. The number of carbonyl (C=O) groups excluding carboxylic acids is 1. The number of alkyl halides is 1. The maximum Gasteiger partial charge on any atom is 0.253 e. The fourth-order valence-corrected chi connectivity index (χ4v) is 2.42. The van der Waals surface area contributed by atoms with Gasteiger partial charge in [0.05, 0.1) is 11.1 Å². The number of halogens is 1. The second-order valence-electron chi connectivity index (χ2n) is 4.62. The van der Waals surface area contributed by atoms with Gasteiger partial charge in [-0.3, -0.25) is 9.78 Å². The van der Waals surface area contributed by atoms with E-state index < -0.39 is 0 Å². The number of ether oxygens (including phenoxy) is 1. The summed E-state index contributed by atoms with van der Waals surface area (Å²) in [5, 5.41) is 3.05. The monoisotopic (exact) mass is 268 g/mol. The molecular weight excluding hydrogens is 252 g/mol. The second-order valence-corrected chi connectivity index (χ2v) is 4.88. The number of pyridine rings is 1. The van der Waals surface area contributed by atoms with Gasteiger partial charge < -0.3 is 10.1 Å². The number of nitrogens with one attached hydrogen (secondary N) is 1. The zero-order valence-electron chi connectivity index (χ0n) is 10.4. The summed E-state index contributed by atoms with van der Waals surface area (Å²) in [7, 11) is 0. The molecule has 18 heavy (non-hydrogen) atoms. The Morgan fingerprint density at radius 2 is 2.28 bits per heavy atom. The molecular formula is C13H17ClN2O2. The third kappa shape index (κ3) is 2.82. The highest BCUT2D eigenvalue weighted by molar-refractivity contribution is 6.19. The van der Waals surface area contributed by atoms with Crippen LogP contribution in [-0.2, 0) is 4.74 Å². The highest BCUT2D eigenvalue weighted by atomic mass is 35.5. The number of nitrogens with zero attached hydrogens (tertiary/aromatic N) is 1. The Morgan fingerprint density at radius 1 is 1.56 bits per heavy atom. The van der Waals surface area contributed by atoms with Crippen molar-refractivity contribution in [2.45, 2.75) is 25.3 Å². The lowest BCUT2D eigenvalue weighted by molar-refractivity contribution is 0.0433. The molecule has 2 rings (SSSR count). The topological polar surface area (TPSA) is 51.2 Å². The summed E-state index contributed by atoms with van der Waals surface area (Å²) in [5.74, 6) is 0.296. The van der Waals surface area contributed by atoms with Crippen LogP contribution < -0.4 is 5.32 Å². The number of amides is 1. The Morgan fingerprint density at radius 3 is 2.89 bits per heavy atom. The summed E-state index contributed by atoms with van der Waals surface area (Å²) >= 11 is 6.02. The average Bonchev–Trinajstić information content (AvgIpc) is 2.40. The predicted molar refractivity (Wildman–Crippen MR) is 69.9 cm³/mol. The van der Waals surface area contributed by atoms with E-state index >= 15 is 0 Å². The van der Waals surface area contributed by atoms with E-state index in [2.05, 4.69) is 10.3 Å². The molecule has 1 N–H and O–H groups in total. The van der Waals surface area contributed by atoms with E-state index in [9.17, 15) is 4.79 Å². The van der Waals surface area contributed by atoms with Gasteiger partial charge in [0.2, 0.25) is 0 Å². The number of rotatable bonds is 3. The number of hydrogen-bond acceptors (Lipinski definition) is 3. The second kappa shape index (κ2) is 5.67. The van der Waals surface area contributed by atoms with Crippen LogP contribution in [0, 0.1) is 6.92 Å². The number of aryl methyl sites for hydroxylation is 1. The highest BCUT2D eigenvalue weighted by Gasteiger charge is 2.33. The van der Waals surface area contributed by atoms with Crippen molar-refractivity contribution in [2.24, 2.45) is 0 Å². The standard InChI is InChI=1S/C13H17ClN2O2/c1-10-11(3-2-6-15-10)12(17)16-13(9-14)4-7-18-8-5-13/h2-3,6H,4-5,7-9H2,1H3,(H,16,17). The van der Waals surface area contributed by atoms with Crippen molar-refractivity contribution in [1.82, 2.24) is 10.3 Å².